The molecule has 0 aliphatic carbocycles. The second-order valence-electron chi connectivity index (χ2n) is 3.98. The Kier molecular flexibility index (Phi) is 2.99. The molecule has 2 rings (SSSR count). The molecule has 0 atom stereocenters. The quantitative estimate of drug-likeness (QED) is 0.782. The summed E-state index contributed by atoms with van der Waals surface area (Å²) in [5.74, 6) is -1.70. The van der Waals surface area contributed by atoms with Crippen molar-refractivity contribution in [1.82, 2.24) is 14.9 Å². The van der Waals surface area contributed by atoms with Crippen LogP contribution >= 0.6 is 0 Å². The minimum absolute atomic E-state index is 0.0520. The zero-order valence-corrected chi connectivity index (χ0v) is 8.81. The monoisotopic (exact) mass is 245 g/mol. The summed E-state index contributed by atoms with van der Waals surface area (Å²) < 4.78 is 36.2. The third-order valence-corrected chi connectivity index (χ3v) is 2.63. The van der Waals surface area contributed by atoms with Gasteiger partial charge in [-0.05, 0) is 18.4 Å². The van der Waals surface area contributed by atoms with E-state index in [1.807, 2.05) is 0 Å². The second kappa shape index (κ2) is 4.31. The summed E-state index contributed by atoms with van der Waals surface area (Å²) in [5.41, 5.74) is 0.782. The molecule has 1 aliphatic rings. The zero-order valence-electron chi connectivity index (χ0n) is 8.81. The predicted octanol–water partition coefficient (Wildman–Crippen LogP) is 1.04. The number of hydrogen-bond donors (Lipinski definition) is 0. The lowest BCUT2D eigenvalue weighted by molar-refractivity contribution is -0.191. The highest BCUT2D eigenvalue weighted by Gasteiger charge is 2.46. The van der Waals surface area contributed by atoms with Crippen LogP contribution in [0, 0.1) is 5.92 Å². The SMILES string of the molecule is O=C(N1CC(Cc2ccncn2)C1)C(F)(F)F. The van der Waals surface area contributed by atoms with E-state index in [0.717, 1.165) is 10.6 Å². The molecule has 0 N–H and O–H groups in total. The second-order valence-corrected chi connectivity index (χ2v) is 3.98. The Morgan fingerprint density at radius 1 is 1.47 bits per heavy atom. The van der Waals surface area contributed by atoms with Crippen LogP contribution < -0.4 is 0 Å². The van der Waals surface area contributed by atoms with Gasteiger partial charge in [0.15, 0.2) is 0 Å². The van der Waals surface area contributed by atoms with E-state index in [9.17, 15) is 18.0 Å². The van der Waals surface area contributed by atoms with Crippen LogP contribution in [0.2, 0.25) is 0 Å². The van der Waals surface area contributed by atoms with Crippen LogP contribution in [0.5, 0.6) is 0 Å². The molecule has 0 spiro atoms. The van der Waals surface area contributed by atoms with E-state index in [1.54, 1.807) is 12.3 Å². The molecular formula is C10H10F3N3O. The summed E-state index contributed by atoms with van der Waals surface area (Å²) in [4.78, 5) is 19.4. The highest BCUT2D eigenvalue weighted by molar-refractivity contribution is 5.82. The standard InChI is InChI=1S/C10H10F3N3O/c11-10(12,13)9(17)16-4-7(5-16)3-8-1-2-14-6-15-8/h1-2,6-7H,3-5H2. The maximum Gasteiger partial charge on any atom is 0.471 e. The molecule has 0 radical (unpaired) electrons. The van der Waals surface area contributed by atoms with Crippen molar-refractivity contribution in [3.63, 3.8) is 0 Å². The van der Waals surface area contributed by atoms with Gasteiger partial charge in [-0.25, -0.2) is 9.97 Å². The molecule has 2 heterocycles. The van der Waals surface area contributed by atoms with E-state index in [0.29, 0.717) is 6.42 Å². The Hall–Kier alpha value is -1.66. The van der Waals surface area contributed by atoms with E-state index >= 15 is 0 Å². The number of rotatable bonds is 2. The fraction of sp³-hybridized carbons (Fsp3) is 0.500. The predicted molar refractivity (Wildman–Crippen MR) is 51.9 cm³/mol. The van der Waals surface area contributed by atoms with E-state index in [1.165, 1.54) is 6.33 Å². The molecule has 17 heavy (non-hydrogen) atoms. The van der Waals surface area contributed by atoms with Crippen molar-refractivity contribution in [2.24, 2.45) is 5.92 Å². The molecule has 92 valence electrons. The molecule has 1 fully saturated rings. The van der Waals surface area contributed by atoms with Crippen LogP contribution in [-0.4, -0.2) is 40.0 Å². The van der Waals surface area contributed by atoms with Gasteiger partial charge in [0.2, 0.25) is 0 Å². The molecule has 7 heteroatoms. The number of nitrogens with zero attached hydrogens (tertiary/aromatic N) is 3. The van der Waals surface area contributed by atoms with Gasteiger partial charge >= 0.3 is 12.1 Å². The minimum atomic E-state index is -4.76. The smallest absolute Gasteiger partial charge is 0.334 e. The molecular weight excluding hydrogens is 235 g/mol. The minimum Gasteiger partial charge on any atom is -0.334 e. The lowest BCUT2D eigenvalue weighted by Crippen LogP contribution is -2.55. The summed E-state index contributed by atoms with van der Waals surface area (Å²) in [5, 5.41) is 0. The van der Waals surface area contributed by atoms with Crippen molar-refractivity contribution in [1.29, 1.82) is 0 Å². The molecule has 1 aromatic heterocycles. The molecule has 1 aliphatic heterocycles. The summed E-state index contributed by atoms with van der Waals surface area (Å²) in [6.07, 6.45) is -1.21. The average molecular weight is 245 g/mol. The first kappa shape index (κ1) is 11.8. The molecule has 0 aromatic carbocycles. The summed E-state index contributed by atoms with van der Waals surface area (Å²) in [6, 6.07) is 1.72. The first-order valence-electron chi connectivity index (χ1n) is 5.08. The zero-order chi connectivity index (χ0) is 12.5. The third-order valence-electron chi connectivity index (χ3n) is 2.63. The summed E-state index contributed by atoms with van der Waals surface area (Å²) in [6.45, 7) is 0.282. The van der Waals surface area contributed by atoms with Crippen molar-refractivity contribution in [2.45, 2.75) is 12.6 Å². The molecule has 4 nitrogen and oxygen atoms in total. The van der Waals surface area contributed by atoms with Gasteiger partial charge in [0, 0.05) is 25.0 Å². The Morgan fingerprint density at radius 2 is 2.18 bits per heavy atom. The molecule has 1 saturated heterocycles. The third kappa shape index (κ3) is 2.72. The van der Waals surface area contributed by atoms with E-state index < -0.39 is 12.1 Å². The highest BCUT2D eigenvalue weighted by Crippen LogP contribution is 2.26. The van der Waals surface area contributed by atoms with Crippen LogP contribution in [0.1, 0.15) is 5.69 Å². The summed E-state index contributed by atoms with van der Waals surface area (Å²) in [7, 11) is 0. The first-order chi connectivity index (χ1) is 7.97. The molecule has 0 unspecified atom stereocenters. The van der Waals surface area contributed by atoms with Crippen molar-refractivity contribution >= 4 is 5.91 Å². The van der Waals surface area contributed by atoms with Crippen molar-refractivity contribution < 1.29 is 18.0 Å². The van der Waals surface area contributed by atoms with Gasteiger partial charge in [-0.2, -0.15) is 13.2 Å². The molecule has 0 bridgehead atoms. The maximum absolute atomic E-state index is 12.1. The largest absolute Gasteiger partial charge is 0.471 e. The van der Waals surface area contributed by atoms with Gasteiger partial charge < -0.3 is 4.90 Å². The molecule has 1 amide bonds. The Morgan fingerprint density at radius 3 is 2.71 bits per heavy atom. The van der Waals surface area contributed by atoms with Crippen molar-refractivity contribution in [3.8, 4) is 0 Å². The Labute approximate surface area is 95.5 Å². The van der Waals surface area contributed by atoms with Gasteiger partial charge in [-0.15, -0.1) is 0 Å². The average Bonchev–Trinajstić information content (AvgIpc) is 2.22. The van der Waals surface area contributed by atoms with Crippen molar-refractivity contribution in [3.05, 3.63) is 24.3 Å². The van der Waals surface area contributed by atoms with Crippen LogP contribution in [-0.2, 0) is 11.2 Å². The fourth-order valence-electron chi connectivity index (χ4n) is 1.78. The number of alkyl halides is 3. The van der Waals surface area contributed by atoms with E-state index in [4.69, 9.17) is 0 Å². The number of hydrogen-bond acceptors (Lipinski definition) is 3. The highest BCUT2D eigenvalue weighted by atomic mass is 19.4. The van der Waals surface area contributed by atoms with Crippen LogP contribution in [0.15, 0.2) is 18.6 Å². The number of amides is 1. The Balaban J connectivity index is 1.82. The van der Waals surface area contributed by atoms with Gasteiger partial charge in [0.25, 0.3) is 0 Å². The van der Waals surface area contributed by atoms with Gasteiger partial charge in [0.1, 0.15) is 6.33 Å². The lowest BCUT2D eigenvalue weighted by Gasteiger charge is -2.39. The van der Waals surface area contributed by atoms with Crippen LogP contribution in [0.25, 0.3) is 0 Å². The molecule has 0 saturated carbocycles. The van der Waals surface area contributed by atoms with Crippen LogP contribution in [0.3, 0.4) is 0 Å². The Bertz CT molecular complexity index is 401. The van der Waals surface area contributed by atoms with Gasteiger partial charge in [0.05, 0.1) is 0 Å². The number of carbonyl (C=O) groups is 1. The lowest BCUT2D eigenvalue weighted by atomic mass is 9.94. The topological polar surface area (TPSA) is 46.1 Å². The normalized spacial score (nSPS) is 16.8. The number of aromatic nitrogens is 2. The van der Waals surface area contributed by atoms with Gasteiger partial charge in [-0.3, -0.25) is 4.79 Å². The summed E-state index contributed by atoms with van der Waals surface area (Å²) >= 11 is 0. The van der Waals surface area contributed by atoms with E-state index in [2.05, 4.69) is 9.97 Å². The first-order valence-corrected chi connectivity index (χ1v) is 5.08. The van der Waals surface area contributed by atoms with Gasteiger partial charge in [-0.1, -0.05) is 0 Å². The van der Waals surface area contributed by atoms with Crippen molar-refractivity contribution in [2.75, 3.05) is 13.1 Å². The van der Waals surface area contributed by atoms with E-state index in [-0.39, 0.29) is 19.0 Å². The number of halogens is 3. The number of carbonyl (C=O) groups excluding carboxylic acids is 1. The fourth-order valence-corrected chi connectivity index (χ4v) is 1.78. The molecule has 1 aromatic rings. The number of likely N-dealkylation sites (tertiary alicyclic amines) is 1. The maximum atomic E-state index is 12.1. The van der Waals surface area contributed by atoms with Crippen LogP contribution in [0.4, 0.5) is 13.2 Å².